The largest absolute Gasteiger partial charge is 0.538 e. The van der Waals surface area contributed by atoms with Gasteiger partial charge in [-0.1, -0.05) is 36.3 Å². The van der Waals surface area contributed by atoms with Crippen molar-refractivity contribution in [3.63, 3.8) is 0 Å². The van der Waals surface area contributed by atoms with Gasteiger partial charge in [-0.2, -0.15) is 0 Å². The minimum atomic E-state index is -3.94. The Hall–Kier alpha value is -6.73. The molecular formula is C40H39N6O11P. The number of aliphatic carboxylic acids is 1. The van der Waals surface area contributed by atoms with Gasteiger partial charge in [0.05, 0.1) is 37.2 Å². The molecule has 1 unspecified atom stereocenters. The summed E-state index contributed by atoms with van der Waals surface area (Å²) in [5.74, 6) is -2.43. The number of aromatic amines is 1. The number of hydrogen-bond acceptors (Lipinski definition) is 14. The Kier molecular flexibility index (Phi) is 14.2. The van der Waals surface area contributed by atoms with E-state index in [1.165, 1.54) is 30.5 Å². The highest BCUT2D eigenvalue weighted by atomic mass is 31.2. The number of ether oxygens (including phenoxy) is 1. The zero-order valence-corrected chi connectivity index (χ0v) is 32.5. The van der Waals surface area contributed by atoms with Crippen LogP contribution in [0.4, 0.5) is 5.69 Å². The molecule has 0 spiro atoms. The van der Waals surface area contributed by atoms with Crippen molar-refractivity contribution in [1.82, 2.24) is 25.3 Å². The predicted molar refractivity (Wildman–Crippen MR) is 210 cm³/mol. The molecule has 300 valence electrons. The molecule has 1 amide bonds. The number of aromatic nitrogens is 4. The zero-order chi connectivity index (χ0) is 41.8. The number of benzene rings is 3. The number of H-pyrrole nitrogens is 1. The van der Waals surface area contributed by atoms with Gasteiger partial charge in [-0.3, -0.25) is 23.4 Å². The number of carbonyl (C=O) groups is 4. The number of rotatable bonds is 19. The lowest BCUT2D eigenvalue weighted by Gasteiger charge is -2.15. The molecule has 0 aliphatic rings. The number of fused-ring (bicyclic) bond motifs is 1. The van der Waals surface area contributed by atoms with Crippen molar-refractivity contribution in [3.05, 3.63) is 123 Å². The number of aryl methyl sites for hydroxylation is 2. The topological polar surface area (TPSA) is 238 Å². The normalized spacial score (nSPS) is 12.4. The highest BCUT2D eigenvalue weighted by Crippen LogP contribution is 2.49. The number of hydrogen-bond donors (Lipinski definition) is 4. The molecule has 0 fully saturated rings. The van der Waals surface area contributed by atoms with E-state index in [4.69, 9.17) is 20.2 Å². The fourth-order valence-electron chi connectivity index (χ4n) is 5.54. The fraction of sp³-hybridized carbons (Fsp3) is 0.250. The van der Waals surface area contributed by atoms with Gasteiger partial charge in [0.25, 0.3) is 11.5 Å². The van der Waals surface area contributed by atoms with E-state index in [1.54, 1.807) is 69.3 Å². The Bertz CT molecular complexity index is 2470. The summed E-state index contributed by atoms with van der Waals surface area (Å²) >= 11 is 0. The van der Waals surface area contributed by atoms with Gasteiger partial charge in [0, 0.05) is 24.1 Å². The quantitative estimate of drug-likeness (QED) is 0.0363. The smallest absolute Gasteiger partial charge is 0.480 e. The van der Waals surface area contributed by atoms with E-state index in [2.05, 4.69) is 35.1 Å². The van der Waals surface area contributed by atoms with Crippen LogP contribution in [0.3, 0.4) is 0 Å². The number of anilines is 1. The lowest BCUT2D eigenvalue weighted by atomic mass is 9.97. The van der Waals surface area contributed by atoms with E-state index in [1.807, 2.05) is 0 Å². The number of Topliss-reactive ketones (excluding diaryl/α,β-unsaturated/α-hetero) is 1. The van der Waals surface area contributed by atoms with Gasteiger partial charge < -0.3 is 30.0 Å². The molecule has 58 heavy (non-hydrogen) atoms. The number of carboxylic acids is 1. The molecule has 0 aliphatic carbocycles. The average molecular weight is 811 g/mol. The molecule has 5 rings (SSSR count). The first-order valence-electron chi connectivity index (χ1n) is 17.8. The minimum Gasteiger partial charge on any atom is -0.480 e. The maximum absolute atomic E-state index is 13.2. The van der Waals surface area contributed by atoms with E-state index < -0.39 is 37.3 Å². The van der Waals surface area contributed by atoms with Gasteiger partial charge >= 0.3 is 19.8 Å². The number of phosphoric ester groups is 1. The van der Waals surface area contributed by atoms with Crippen LogP contribution >= 0.6 is 7.82 Å². The van der Waals surface area contributed by atoms with Crippen LogP contribution in [0, 0.1) is 26.4 Å². The molecule has 0 aliphatic heterocycles. The molecule has 18 heteroatoms. The standard InChI is InChI=1S/C40H39N6O11P/c1-5-54-58(53,55-6-2)56-23-26-8-15-32(16-9-26)57-40(52)33-17-7-24(3)19-28(33)20-31(47)14-18-34(39(50)51)46-37(48)27-10-12-29(13-11-27)41-21-30-22-42-36-35(45-30)38(49)44-25(4)43-36/h1,7-13,15-17,19,22,34,41H,6,14,18,20-21,23H2,2-4H3,(H,46,48)(H,50,51)(H,42,43,44,49)/t34-,58?/m0/s1. The van der Waals surface area contributed by atoms with Crippen molar-refractivity contribution in [2.24, 2.45) is 0 Å². The second kappa shape index (κ2) is 19.4. The third kappa shape index (κ3) is 11.6. The van der Waals surface area contributed by atoms with Gasteiger partial charge in [0.2, 0.25) is 0 Å². The van der Waals surface area contributed by atoms with Gasteiger partial charge in [0.15, 0.2) is 11.2 Å². The molecule has 17 nitrogen and oxygen atoms in total. The lowest BCUT2D eigenvalue weighted by Crippen LogP contribution is -2.41. The van der Waals surface area contributed by atoms with Crippen LogP contribution in [0.5, 0.6) is 5.75 Å². The Morgan fingerprint density at radius 2 is 1.74 bits per heavy atom. The van der Waals surface area contributed by atoms with Gasteiger partial charge in [0.1, 0.15) is 29.5 Å². The van der Waals surface area contributed by atoms with E-state index in [0.29, 0.717) is 28.3 Å². The number of phosphoric acid groups is 1. The van der Waals surface area contributed by atoms with Crippen LogP contribution in [0.25, 0.3) is 11.2 Å². The van der Waals surface area contributed by atoms with E-state index >= 15 is 0 Å². The van der Waals surface area contributed by atoms with E-state index in [-0.39, 0.29) is 72.8 Å². The van der Waals surface area contributed by atoms with Gasteiger partial charge in [-0.15, -0.1) is 0 Å². The molecule has 4 N–H and O–H groups in total. The van der Waals surface area contributed by atoms with Crippen LogP contribution in [0.1, 0.15) is 68.7 Å². The summed E-state index contributed by atoms with van der Waals surface area (Å²) in [4.78, 5) is 78.9. The molecule has 0 saturated heterocycles. The molecule has 5 aromatic rings. The number of carbonyl (C=O) groups excluding carboxylic acids is 3. The van der Waals surface area contributed by atoms with Crippen LogP contribution < -0.4 is 20.9 Å². The van der Waals surface area contributed by atoms with Gasteiger partial charge in [-0.25, -0.2) is 29.1 Å². The number of esters is 1. The number of nitrogens with zero attached hydrogens (tertiary/aromatic N) is 3. The maximum Gasteiger partial charge on any atom is 0.538 e. The van der Waals surface area contributed by atoms with E-state index in [0.717, 1.165) is 5.56 Å². The van der Waals surface area contributed by atoms with E-state index in [9.17, 15) is 33.6 Å². The monoisotopic (exact) mass is 810 g/mol. The Morgan fingerprint density at radius 1 is 1.00 bits per heavy atom. The second-order valence-electron chi connectivity index (χ2n) is 12.8. The molecule has 0 bridgehead atoms. The number of nitrogens with one attached hydrogen (secondary N) is 3. The highest BCUT2D eigenvalue weighted by molar-refractivity contribution is 7.48. The first-order valence-corrected chi connectivity index (χ1v) is 19.3. The Labute approximate surface area is 332 Å². The number of ketones is 1. The summed E-state index contributed by atoms with van der Waals surface area (Å²) in [6.07, 6.45) is 7.78. The molecule has 0 saturated carbocycles. The number of terminal acetylenes is 1. The summed E-state index contributed by atoms with van der Waals surface area (Å²) in [5, 5.41) is 15.4. The summed E-state index contributed by atoms with van der Waals surface area (Å²) < 4.78 is 32.8. The lowest BCUT2D eigenvalue weighted by molar-refractivity contribution is -0.139. The van der Waals surface area contributed by atoms with Crippen LogP contribution in [0.2, 0.25) is 0 Å². The minimum absolute atomic E-state index is 0.0506. The average Bonchev–Trinajstić information content (AvgIpc) is 3.18. The summed E-state index contributed by atoms with van der Waals surface area (Å²) in [7, 11) is -3.94. The van der Waals surface area contributed by atoms with Crippen LogP contribution in [-0.4, -0.2) is 61.3 Å². The highest BCUT2D eigenvalue weighted by Gasteiger charge is 2.27. The SMILES string of the molecule is C#COP(=O)(OCC)OCc1ccc(OC(=O)c2ccc(C)cc2CC(=O)CC[C@H](NC(=O)c2ccc(NCc3cnc4nc(C)[nH]c(=O)c4n3)cc2)C(=O)O)cc1. The second-order valence-corrected chi connectivity index (χ2v) is 14.4. The fourth-order valence-corrected chi connectivity index (χ4v) is 6.47. The summed E-state index contributed by atoms with van der Waals surface area (Å²) in [6.45, 7) is 5.15. The number of amides is 1. The van der Waals surface area contributed by atoms with Crippen molar-refractivity contribution in [2.75, 3.05) is 11.9 Å². The van der Waals surface area contributed by atoms with Crippen LogP contribution in [0.15, 0.2) is 77.7 Å². The molecular weight excluding hydrogens is 771 g/mol. The molecule has 0 radical (unpaired) electrons. The Morgan fingerprint density at radius 3 is 2.43 bits per heavy atom. The zero-order valence-electron chi connectivity index (χ0n) is 31.6. The molecule has 2 atom stereocenters. The third-order valence-electron chi connectivity index (χ3n) is 8.37. The molecule has 2 aromatic heterocycles. The first kappa shape index (κ1) is 42.4. The predicted octanol–water partition coefficient (Wildman–Crippen LogP) is 5.20. The van der Waals surface area contributed by atoms with Crippen molar-refractivity contribution in [2.45, 2.75) is 59.2 Å². The maximum atomic E-state index is 13.2. The number of carboxylic acid groups (broad SMARTS) is 1. The summed E-state index contributed by atoms with van der Waals surface area (Å²) in [6, 6.07) is 16.0. The van der Waals surface area contributed by atoms with Crippen molar-refractivity contribution >= 4 is 48.3 Å². The van der Waals surface area contributed by atoms with Crippen LogP contribution in [-0.2, 0) is 47.3 Å². The van der Waals surface area contributed by atoms with Crippen molar-refractivity contribution in [1.29, 1.82) is 0 Å². The van der Waals surface area contributed by atoms with Crippen molar-refractivity contribution in [3.8, 4) is 18.3 Å². The molecule has 2 heterocycles. The summed E-state index contributed by atoms with van der Waals surface area (Å²) in [5.41, 5.74) is 3.12. The Balaban J connectivity index is 1.13. The third-order valence-corrected chi connectivity index (χ3v) is 9.71. The first-order chi connectivity index (χ1) is 27.7. The molecule has 3 aromatic carbocycles. The van der Waals surface area contributed by atoms with Gasteiger partial charge in [-0.05, 0) is 80.8 Å². The van der Waals surface area contributed by atoms with Crippen molar-refractivity contribution < 1.29 is 47.2 Å².